The normalized spacial score (nSPS) is 11.3. The van der Waals surface area contributed by atoms with Crippen LogP contribution < -0.4 is 0 Å². The fraction of sp³-hybridized carbons (Fsp3) is 0. The van der Waals surface area contributed by atoms with Gasteiger partial charge < -0.3 is 4.98 Å². The van der Waals surface area contributed by atoms with Gasteiger partial charge in [0.2, 0.25) is 0 Å². The highest BCUT2D eigenvalue weighted by Crippen LogP contribution is 2.30. The van der Waals surface area contributed by atoms with Crippen molar-refractivity contribution in [3.63, 3.8) is 0 Å². The number of H-pyrrole nitrogens is 2. The number of fused-ring (bicyclic) bond motifs is 2. The van der Waals surface area contributed by atoms with E-state index in [0.29, 0.717) is 0 Å². The quantitative estimate of drug-likeness (QED) is 0.514. The summed E-state index contributed by atoms with van der Waals surface area (Å²) in [4.78, 5) is 12.1. The zero-order chi connectivity index (χ0) is 15.9. The summed E-state index contributed by atoms with van der Waals surface area (Å²) >= 11 is 0. The van der Waals surface area contributed by atoms with E-state index in [0.717, 1.165) is 39.1 Å². The van der Waals surface area contributed by atoms with Crippen molar-refractivity contribution in [1.82, 2.24) is 25.1 Å². The molecule has 0 bridgehead atoms. The van der Waals surface area contributed by atoms with E-state index in [9.17, 15) is 0 Å². The minimum atomic E-state index is 0.884. The second kappa shape index (κ2) is 5.03. The number of rotatable bonds is 2. The number of nitrogens with zero attached hydrogens (tertiary/aromatic N) is 3. The van der Waals surface area contributed by atoms with Crippen LogP contribution in [0.3, 0.4) is 0 Å². The van der Waals surface area contributed by atoms with Crippen LogP contribution in [0.5, 0.6) is 0 Å². The second-order valence-electron chi connectivity index (χ2n) is 5.70. The average Bonchev–Trinajstić information content (AvgIpc) is 3.25. The molecule has 4 aromatic heterocycles. The van der Waals surface area contributed by atoms with E-state index in [-0.39, 0.29) is 0 Å². The van der Waals surface area contributed by atoms with Gasteiger partial charge in [-0.2, -0.15) is 5.10 Å². The number of benzene rings is 1. The van der Waals surface area contributed by atoms with E-state index >= 15 is 0 Å². The molecule has 0 aliphatic rings. The molecule has 5 heteroatoms. The van der Waals surface area contributed by atoms with Crippen LogP contribution in [0, 0.1) is 0 Å². The van der Waals surface area contributed by atoms with Crippen LogP contribution in [0.1, 0.15) is 0 Å². The lowest BCUT2D eigenvalue weighted by atomic mass is 10.1. The Labute approximate surface area is 137 Å². The molecular weight excluding hydrogens is 298 g/mol. The number of pyridine rings is 2. The first-order valence-corrected chi connectivity index (χ1v) is 7.71. The Balaban J connectivity index is 1.71. The Kier molecular flexibility index (Phi) is 2.72. The summed E-state index contributed by atoms with van der Waals surface area (Å²) in [6.07, 6.45) is 5.39. The zero-order valence-corrected chi connectivity index (χ0v) is 12.7. The third-order valence-corrected chi connectivity index (χ3v) is 4.19. The monoisotopic (exact) mass is 311 g/mol. The lowest BCUT2D eigenvalue weighted by Crippen LogP contribution is -1.85. The largest absolute Gasteiger partial charge is 0.353 e. The van der Waals surface area contributed by atoms with Crippen molar-refractivity contribution in [2.24, 2.45) is 0 Å². The van der Waals surface area contributed by atoms with E-state index in [1.807, 2.05) is 36.7 Å². The molecule has 0 saturated heterocycles. The van der Waals surface area contributed by atoms with Crippen LogP contribution in [0.2, 0.25) is 0 Å². The van der Waals surface area contributed by atoms with Gasteiger partial charge in [0.15, 0.2) is 0 Å². The van der Waals surface area contributed by atoms with Crippen LogP contribution in [-0.2, 0) is 0 Å². The molecule has 0 amide bonds. The van der Waals surface area contributed by atoms with Crippen molar-refractivity contribution >= 4 is 21.8 Å². The molecule has 0 radical (unpaired) electrons. The molecule has 0 fully saturated rings. The number of hydrogen-bond acceptors (Lipinski definition) is 3. The molecule has 5 rings (SSSR count). The number of hydrogen-bond donors (Lipinski definition) is 2. The van der Waals surface area contributed by atoms with Gasteiger partial charge in [-0.15, -0.1) is 0 Å². The van der Waals surface area contributed by atoms with E-state index in [1.54, 1.807) is 6.20 Å². The summed E-state index contributed by atoms with van der Waals surface area (Å²) in [6.45, 7) is 0. The molecule has 0 atom stereocenters. The van der Waals surface area contributed by atoms with Gasteiger partial charge in [0.1, 0.15) is 5.69 Å². The van der Waals surface area contributed by atoms with Crippen LogP contribution >= 0.6 is 0 Å². The fourth-order valence-corrected chi connectivity index (χ4v) is 3.00. The minimum Gasteiger partial charge on any atom is -0.353 e. The Bertz CT molecular complexity index is 1120. The van der Waals surface area contributed by atoms with Crippen molar-refractivity contribution in [1.29, 1.82) is 0 Å². The molecule has 2 N–H and O–H groups in total. The van der Waals surface area contributed by atoms with Gasteiger partial charge in [0.05, 0.1) is 23.1 Å². The van der Waals surface area contributed by atoms with Crippen LogP contribution in [-0.4, -0.2) is 25.1 Å². The fourth-order valence-electron chi connectivity index (χ4n) is 3.00. The predicted molar refractivity (Wildman–Crippen MR) is 94.4 cm³/mol. The number of aromatic nitrogens is 5. The van der Waals surface area contributed by atoms with Gasteiger partial charge in [-0.05, 0) is 30.3 Å². The molecular formula is C19H13N5. The number of nitrogens with one attached hydrogen (secondary N) is 2. The first kappa shape index (κ1) is 13.0. The zero-order valence-electron chi connectivity index (χ0n) is 12.7. The standard InChI is InChI=1S/C19H13N5/c1-2-6-15-12(4-1)8-17(22-15)19-14-9-16(13-5-3-7-20-10-13)21-11-18(14)23-24-19/h1-11,22H,(H,23,24). The van der Waals surface area contributed by atoms with E-state index < -0.39 is 0 Å². The van der Waals surface area contributed by atoms with E-state index in [2.05, 4.69) is 49.4 Å². The Morgan fingerprint density at radius 2 is 1.83 bits per heavy atom. The van der Waals surface area contributed by atoms with Crippen molar-refractivity contribution < 1.29 is 0 Å². The van der Waals surface area contributed by atoms with Crippen molar-refractivity contribution in [2.75, 3.05) is 0 Å². The molecule has 4 heterocycles. The Morgan fingerprint density at radius 3 is 2.71 bits per heavy atom. The maximum Gasteiger partial charge on any atom is 0.116 e. The molecule has 0 aliphatic heterocycles. The first-order valence-electron chi connectivity index (χ1n) is 7.71. The van der Waals surface area contributed by atoms with Gasteiger partial charge >= 0.3 is 0 Å². The van der Waals surface area contributed by atoms with Crippen LogP contribution in [0.4, 0.5) is 0 Å². The summed E-state index contributed by atoms with van der Waals surface area (Å²) in [5.74, 6) is 0. The van der Waals surface area contributed by atoms with Crippen LogP contribution in [0.25, 0.3) is 44.5 Å². The third-order valence-electron chi connectivity index (χ3n) is 4.19. The summed E-state index contributed by atoms with van der Waals surface area (Å²) in [6, 6.07) is 16.3. The van der Waals surface area contributed by atoms with Gasteiger partial charge in [0.25, 0.3) is 0 Å². The lowest BCUT2D eigenvalue weighted by Gasteiger charge is -2.00. The minimum absolute atomic E-state index is 0.884. The van der Waals surface area contributed by atoms with Gasteiger partial charge in [-0.1, -0.05) is 18.2 Å². The lowest BCUT2D eigenvalue weighted by molar-refractivity contribution is 1.11. The molecule has 0 aliphatic carbocycles. The van der Waals surface area contributed by atoms with Crippen LogP contribution in [0.15, 0.2) is 67.1 Å². The number of aromatic amines is 2. The molecule has 5 nitrogen and oxygen atoms in total. The predicted octanol–water partition coefficient (Wildman–Crippen LogP) is 4.17. The topological polar surface area (TPSA) is 70.2 Å². The summed E-state index contributed by atoms with van der Waals surface area (Å²) in [5.41, 5.74) is 5.78. The Hall–Kier alpha value is -3.47. The summed E-state index contributed by atoms with van der Waals surface area (Å²) in [5, 5.41) is 9.75. The van der Waals surface area contributed by atoms with E-state index in [4.69, 9.17) is 0 Å². The molecule has 0 saturated carbocycles. The summed E-state index contributed by atoms with van der Waals surface area (Å²) < 4.78 is 0. The highest BCUT2D eigenvalue weighted by atomic mass is 15.1. The van der Waals surface area contributed by atoms with Gasteiger partial charge in [-0.25, -0.2) is 0 Å². The van der Waals surface area contributed by atoms with Crippen molar-refractivity contribution in [2.45, 2.75) is 0 Å². The van der Waals surface area contributed by atoms with Crippen molar-refractivity contribution in [3.05, 3.63) is 67.1 Å². The second-order valence-corrected chi connectivity index (χ2v) is 5.70. The SMILES string of the molecule is c1cncc(-c2cc3c(-c4cc5ccccc5[nH]4)n[nH]c3cn2)c1. The molecule has 5 aromatic rings. The smallest absolute Gasteiger partial charge is 0.116 e. The molecule has 24 heavy (non-hydrogen) atoms. The number of para-hydroxylation sites is 1. The molecule has 0 unspecified atom stereocenters. The summed E-state index contributed by atoms with van der Waals surface area (Å²) in [7, 11) is 0. The highest BCUT2D eigenvalue weighted by Gasteiger charge is 2.12. The first-order chi connectivity index (χ1) is 11.9. The molecule has 0 spiro atoms. The Morgan fingerprint density at radius 1 is 0.875 bits per heavy atom. The molecule has 1 aromatic carbocycles. The third kappa shape index (κ3) is 1.99. The van der Waals surface area contributed by atoms with Gasteiger partial charge in [0, 0.05) is 34.2 Å². The maximum atomic E-state index is 4.51. The highest BCUT2D eigenvalue weighted by molar-refractivity contribution is 5.96. The average molecular weight is 311 g/mol. The van der Waals surface area contributed by atoms with E-state index in [1.165, 1.54) is 5.39 Å². The molecule has 114 valence electrons. The van der Waals surface area contributed by atoms with Crippen molar-refractivity contribution in [3.8, 4) is 22.6 Å². The van der Waals surface area contributed by atoms with Gasteiger partial charge in [-0.3, -0.25) is 15.1 Å². The maximum absolute atomic E-state index is 4.51.